The van der Waals surface area contributed by atoms with Crippen LogP contribution in [0.25, 0.3) is 0 Å². The first-order valence-electron chi connectivity index (χ1n) is 12.3. The maximum Gasteiger partial charge on any atom is 0.220 e. The number of unbranched alkanes of at least 4 members (excludes halogenated alkanes) is 9. The Bertz CT molecular complexity index is 598. The fraction of sp³-hybridized carbons (Fsp3) is 0.731. The van der Waals surface area contributed by atoms with Gasteiger partial charge in [0.2, 0.25) is 5.91 Å². The Morgan fingerprint density at radius 3 is 2.23 bits per heavy atom. The predicted molar refractivity (Wildman–Crippen MR) is 124 cm³/mol. The third kappa shape index (κ3) is 11.5. The van der Waals surface area contributed by atoms with Gasteiger partial charge in [-0.25, -0.2) is 0 Å². The molecule has 0 radical (unpaired) electrons. The van der Waals surface area contributed by atoms with Crippen molar-refractivity contribution in [3.05, 3.63) is 23.8 Å². The molecule has 4 nitrogen and oxygen atoms in total. The van der Waals surface area contributed by atoms with Gasteiger partial charge in [0.1, 0.15) is 11.5 Å². The summed E-state index contributed by atoms with van der Waals surface area (Å²) in [6.07, 6.45) is 17.5. The Balaban J connectivity index is 1.46. The van der Waals surface area contributed by atoms with Gasteiger partial charge in [0.25, 0.3) is 0 Å². The second-order valence-electron chi connectivity index (χ2n) is 8.74. The van der Waals surface area contributed by atoms with Crippen molar-refractivity contribution >= 4 is 5.91 Å². The van der Waals surface area contributed by atoms with Crippen LogP contribution in [-0.4, -0.2) is 25.7 Å². The summed E-state index contributed by atoms with van der Waals surface area (Å²) in [6, 6.07) is 6.79. The van der Waals surface area contributed by atoms with Gasteiger partial charge >= 0.3 is 0 Å². The lowest BCUT2D eigenvalue weighted by Crippen LogP contribution is -2.24. The number of benzene rings is 1. The van der Waals surface area contributed by atoms with Gasteiger partial charge < -0.3 is 14.8 Å². The zero-order chi connectivity index (χ0) is 21.4. The van der Waals surface area contributed by atoms with Crippen molar-refractivity contribution in [1.82, 2.24) is 5.32 Å². The standard InChI is InChI=1S/C26H43NO3/c1-3-4-11-14-22-19-24(29-2)21-25(20-22)30-18-13-10-8-6-5-7-9-12-15-26(28)27-23-16-17-23/h19-21,23H,3-18H2,1-2H3,(H,27,28). The van der Waals surface area contributed by atoms with Crippen molar-refractivity contribution < 1.29 is 14.3 Å². The van der Waals surface area contributed by atoms with Crippen molar-refractivity contribution in [2.75, 3.05) is 13.7 Å². The van der Waals surface area contributed by atoms with Gasteiger partial charge in [-0.15, -0.1) is 0 Å². The van der Waals surface area contributed by atoms with Crippen molar-refractivity contribution in [2.24, 2.45) is 0 Å². The molecule has 2 rings (SSSR count). The number of aryl methyl sites for hydroxylation is 1. The highest BCUT2D eigenvalue weighted by molar-refractivity contribution is 5.76. The second-order valence-corrected chi connectivity index (χ2v) is 8.74. The summed E-state index contributed by atoms with van der Waals surface area (Å²) >= 11 is 0. The fourth-order valence-corrected chi connectivity index (χ4v) is 3.72. The number of carbonyl (C=O) groups excluding carboxylic acids is 1. The van der Waals surface area contributed by atoms with Crippen LogP contribution < -0.4 is 14.8 Å². The van der Waals surface area contributed by atoms with Crippen molar-refractivity contribution in [1.29, 1.82) is 0 Å². The second kappa shape index (κ2) is 15.1. The van der Waals surface area contributed by atoms with E-state index in [4.69, 9.17) is 9.47 Å². The normalized spacial score (nSPS) is 13.3. The van der Waals surface area contributed by atoms with E-state index in [1.54, 1.807) is 7.11 Å². The van der Waals surface area contributed by atoms with Crippen molar-refractivity contribution in [2.45, 2.75) is 109 Å². The molecule has 0 aliphatic heterocycles. The molecule has 170 valence electrons. The van der Waals surface area contributed by atoms with Gasteiger partial charge in [0.05, 0.1) is 13.7 Å². The molecule has 30 heavy (non-hydrogen) atoms. The Kier molecular flexibility index (Phi) is 12.4. The lowest BCUT2D eigenvalue weighted by atomic mass is 10.1. The summed E-state index contributed by atoms with van der Waals surface area (Å²) in [5.74, 6) is 2.08. The first-order chi connectivity index (χ1) is 14.7. The topological polar surface area (TPSA) is 47.6 Å². The molecule has 0 spiro atoms. The van der Waals surface area contributed by atoms with E-state index in [-0.39, 0.29) is 5.91 Å². The molecule has 0 saturated heterocycles. The first-order valence-corrected chi connectivity index (χ1v) is 12.3. The van der Waals surface area contributed by atoms with Crippen molar-refractivity contribution in [3.8, 4) is 11.5 Å². The SMILES string of the molecule is CCCCCc1cc(OC)cc(OCCCCCCCCCCC(=O)NC2CC2)c1. The number of nitrogens with one attached hydrogen (secondary N) is 1. The highest BCUT2D eigenvalue weighted by Crippen LogP contribution is 2.24. The van der Waals surface area contributed by atoms with Crippen LogP contribution >= 0.6 is 0 Å². The van der Waals surface area contributed by atoms with Gasteiger partial charge in [0.15, 0.2) is 0 Å². The van der Waals surface area contributed by atoms with Gasteiger partial charge in [-0.1, -0.05) is 58.3 Å². The summed E-state index contributed by atoms with van der Waals surface area (Å²) in [4.78, 5) is 11.6. The molecule has 0 bridgehead atoms. The smallest absolute Gasteiger partial charge is 0.220 e. The molecular weight excluding hydrogens is 374 g/mol. The summed E-state index contributed by atoms with van der Waals surface area (Å²) in [6.45, 7) is 3.01. The number of amides is 1. The van der Waals surface area contributed by atoms with Crippen LogP contribution in [0.2, 0.25) is 0 Å². The summed E-state index contributed by atoms with van der Waals surface area (Å²) < 4.78 is 11.4. The van der Waals surface area contributed by atoms with Crippen molar-refractivity contribution in [3.63, 3.8) is 0 Å². The van der Waals surface area contributed by atoms with E-state index >= 15 is 0 Å². The molecule has 0 aromatic heterocycles. The number of methoxy groups -OCH3 is 1. The molecule has 4 heteroatoms. The highest BCUT2D eigenvalue weighted by Gasteiger charge is 2.22. The van der Waals surface area contributed by atoms with E-state index in [2.05, 4.69) is 24.4 Å². The molecule has 1 fully saturated rings. The van der Waals surface area contributed by atoms with Gasteiger partial charge in [-0.3, -0.25) is 4.79 Å². The third-order valence-corrected chi connectivity index (χ3v) is 5.75. The van der Waals surface area contributed by atoms with Crippen LogP contribution in [0.1, 0.15) is 102 Å². The van der Waals surface area contributed by atoms with Crippen LogP contribution in [-0.2, 0) is 11.2 Å². The average molecular weight is 418 g/mol. The first kappa shape index (κ1) is 24.6. The van der Waals surface area contributed by atoms with Crippen LogP contribution in [0.5, 0.6) is 11.5 Å². The largest absolute Gasteiger partial charge is 0.497 e. The summed E-state index contributed by atoms with van der Waals surface area (Å²) in [5.41, 5.74) is 1.31. The number of ether oxygens (including phenoxy) is 2. The van der Waals surface area contributed by atoms with Crippen LogP contribution in [0.15, 0.2) is 18.2 Å². The maximum absolute atomic E-state index is 11.6. The van der Waals surface area contributed by atoms with E-state index in [0.29, 0.717) is 12.5 Å². The van der Waals surface area contributed by atoms with Crippen LogP contribution in [0.3, 0.4) is 0 Å². The van der Waals surface area contributed by atoms with Crippen LogP contribution in [0.4, 0.5) is 0 Å². The molecule has 1 N–H and O–H groups in total. The Morgan fingerprint density at radius 2 is 1.57 bits per heavy atom. The molecule has 1 aliphatic carbocycles. The molecule has 1 amide bonds. The van der Waals surface area contributed by atoms with Crippen LogP contribution in [0, 0.1) is 0 Å². The quantitative estimate of drug-likeness (QED) is 0.274. The highest BCUT2D eigenvalue weighted by atomic mass is 16.5. The summed E-state index contributed by atoms with van der Waals surface area (Å²) in [5, 5.41) is 3.06. The number of carbonyl (C=O) groups is 1. The number of hydrogen-bond donors (Lipinski definition) is 1. The minimum atomic E-state index is 0.251. The fourth-order valence-electron chi connectivity index (χ4n) is 3.72. The minimum Gasteiger partial charge on any atom is -0.497 e. The van der Waals surface area contributed by atoms with Gasteiger partial charge in [-0.2, -0.15) is 0 Å². The molecule has 0 heterocycles. The predicted octanol–water partition coefficient (Wildman–Crippen LogP) is 6.60. The number of rotatable bonds is 18. The zero-order valence-corrected chi connectivity index (χ0v) is 19.3. The molecule has 1 aliphatic rings. The molecular formula is C26H43NO3. The molecule has 1 aromatic carbocycles. The van der Waals surface area contributed by atoms with E-state index in [9.17, 15) is 4.79 Å². The maximum atomic E-state index is 11.6. The number of hydrogen-bond acceptors (Lipinski definition) is 3. The molecule has 1 aromatic rings. The molecule has 0 unspecified atom stereocenters. The Hall–Kier alpha value is -1.71. The monoisotopic (exact) mass is 417 g/mol. The van der Waals surface area contributed by atoms with E-state index < -0.39 is 0 Å². The molecule has 0 atom stereocenters. The van der Waals surface area contributed by atoms with E-state index in [1.165, 1.54) is 76.2 Å². The van der Waals surface area contributed by atoms with E-state index in [0.717, 1.165) is 37.4 Å². The minimum absolute atomic E-state index is 0.251. The lowest BCUT2D eigenvalue weighted by molar-refractivity contribution is -0.121. The third-order valence-electron chi connectivity index (χ3n) is 5.75. The molecule has 1 saturated carbocycles. The average Bonchev–Trinajstić information content (AvgIpc) is 3.56. The Labute approximate surface area is 184 Å². The Morgan fingerprint density at radius 1 is 0.900 bits per heavy atom. The zero-order valence-electron chi connectivity index (χ0n) is 19.3. The lowest BCUT2D eigenvalue weighted by Gasteiger charge is -2.11. The summed E-state index contributed by atoms with van der Waals surface area (Å²) in [7, 11) is 1.72. The van der Waals surface area contributed by atoms with Gasteiger partial charge in [0, 0.05) is 18.5 Å². The van der Waals surface area contributed by atoms with E-state index in [1.807, 2.05) is 6.07 Å². The van der Waals surface area contributed by atoms with Gasteiger partial charge in [-0.05, 0) is 56.2 Å².